The fourth-order valence-electron chi connectivity index (χ4n) is 2.31. The minimum atomic E-state index is -0.601. The van der Waals surface area contributed by atoms with E-state index in [1.807, 2.05) is 48.5 Å². The lowest BCUT2D eigenvalue weighted by Crippen LogP contribution is -2.38. The number of thioether (sulfide) groups is 1. The van der Waals surface area contributed by atoms with E-state index in [4.69, 9.17) is 10.5 Å². The van der Waals surface area contributed by atoms with Crippen molar-refractivity contribution in [2.75, 3.05) is 12.4 Å². The number of carbonyl (C=O) groups excluding carboxylic acids is 1. The van der Waals surface area contributed by atoms with Crippen molar-refractivity contribution >= 4 is 40.3 Å². The number of methoxy groups -OCH3 is 1. The van der Waals surface area contributed by atoms with Crippen LogP contribution >= 0.6 is 28.7 Å². The van der Waals surface area contributed by atoms with Crippen LogP contribution in [0.4, 0.5) is 5.69 Å². The second-order valence-electron chi connectivity index (χ2n) is 4.82. The van der Waals surface area contributed by atoms with Gasteiger partial charge in [0.2, 0.25) is 5.91 Å². The highest BCUT2D eigenvalue weighted by Crippen LogP contribution is 2.43. The lowest BCUT2D eigenvalue weighted by atomic mass is 10.1. The molecule has 1 heterocycles. The molecule has 116 valence electrons. The molecule has 1 unspecified atom stereocenters. The molecule has 1 amide bonds. The molecular formula is C16H17BrN2O2S. The van der Waals surface area contributed by atoms with Crippen molar-refractivity contribution in [1.82, 2.24) is 0 Å². The van der Waals surface area contributed by atoms with Crippen LogP contribution in [-0.4, -0.2) is 19.1 Å². The van der Waals surface area contributed by atoms with E-state index in [-0.39, 0.29) is 28.1 Å². The summed E-state index contributed by atoms with van der Waals surface area (Å²) in [5, 5.41) is 2.76. The van der Waals surface area contributed by atoms with Crippen molar-refractivity contribution in [3.8, 4) is 5.75 Å². The lowest BCUT2D eigenvalue weighted by molar-refractivity contribution is -0.117. The van der Waals surface area contributed by atoms with Crippen LogP contribution in [0.2, 0.25) is 0 Å². The summed E-state index contributed by atoms with van der Waals surface area (Å²) < 4.78 is 5.17. The summed E-state index contributed by atoms with van der Waals surface area (Å²) in [6.45, 7) is 0. The van der Waals surface area contributed by atoms with E-state index in [1.165, 1.54) is 0 Å². The number of nitrogens with two attached hydrogens (primary N) is 1. The zero-order valence-electron chi connectivity index (χ0n) is 12.0. The molecule has 6 heteroatoms. The molecule has 4 nitrogen and oxygen atoms in total. The van der Waals surface area contributed by atoms with Crippen molar-refractivity contribution in [3.05, 3.63) is 54.1 Å². The highest BCUT2D eigenvalue weighted by Gasteiger charge is 2.31. The summed E-state index contributed by atoms with van der Waals surface area (Å²) in [5.74, 6) is 0.629. The minimum Gasteiger partial charge on any atom is -0.497 e. The number of nitrogens with one attached hydrogen (secondary N) is 1. The third kappa shape index (κ3) is 3.29. The van der Waals surface area contributed by atoms with Gasteiger partial charge in [-0.15, -0.1) is 28.7 Å². The van der Waals surface area contributed by atoms with Crippen LogP contribution in [0.15, 0.2) is 53.4 Å². The number of hydrogen-bond donors (Lipinski definition) is 2. The first kappa shape index (κ1) is 16.9. The van der Waals surface area contributed by atoms with Gasteiger partial charge in [-0.2, -0.15) is 0 Å². The van der Waals surface area contributed by atoms with Crippen LogP contribution in [0.25, 0.3) is 0 Å². The van der Waals surface area contributed by atoms with Gasteiger partial charge >= 0.3 is 0 Å². The van der Waals surface area contributed by atoms with Crippen LogP contribution in [0.3, 0.4) is 0 Å². The van der Waals surface area contributed by atoms with Crippen LogP contribution in [0.5, 0.6) is 5.75 Å². The molecule has 0 saturated carbocycles. The van der Waals surface area contributed by atoms with Crippen LogP contribution in [0.1, 0.15) is 10.8 Å². The third-order valence-corrected chi connectivity index (χ3v) is 4.90. The smallest absolute Gasteiger partial charge is 0.242 e. The molecule has 3 rings (SSSR count). The minimum absolute atomic E-state index is 0. The Morgan fingerprint density at radius 1 is 1.14 bits per heavy atom. The van der Waals surface area contributed by atoms with Crippen molar-refractivity contribution < 1.29 is 9.53 Å². The quantitative estimate of drug-likeness (QED) is 0.837. The normalized spacial score (nSPS) is 20.2. The summed E-state index contributed by atoms with van der Waals surface area (Å²) >= 11 is 1.61. The Morgan fingerprint density at radius 2 is 1.82 bits per heavy atom. The van der Waals surface area contributed by atoms with E-state index < -0.39 is 6.04 Å². The molecule has 1 aliphatic rings. The molecule has 1 aliphatic heterocycles. The Hall–Kier alpha value is -1.50. The van der Waals surface area contributed by atoms with Crippen molar-refractivity contribution in [3.63, 3.8) is 0 Å². The highest BCUT2D eigenvalue weighted by molar-refractivity contribution is 8.93. The van der Waals surface area contributed by atoms with Gasteiger partial charge in [-0.05, 0) is 29.8 Å². The van der Waals surface area contributed by atoms with Crippen LogP contribution in [-0.2, 0) is 4.79 Å². The number of fused-ring (bicyclic) bond motifs is 1. The first-order valence-corrected chi connectivity index (χ1v) is 7.53. The van der Waals surface area contributed by atoms with Gasteiger partial charge in [0.05, 0.1) is 18.0 Å². The number of halogens is 1. The number of hydrogen-bond acceptors (Lipinski definition) is 4. The first-order chi connectivity index (χ1) is 10.2. The number of ether oxygens (including phenoxy) is 1. The van der Waals surface area contributed by atoms with E-state index in [0.29, 0.717) is 0 Å². The Bertz CT molecular complexity index is 663. The summed E-state index contributed by atoms with van der Waals surface area (Å²) in [6.07, 6.45) is 0. The first-order valence-electron chi connectivity index (χ1n) is 6.65. The molecule has 0 radical (unpaired) electrons. The molecular weight excluding hydrogens is 364 g/mol. The maximum absolute atomic E-state index is 12.2. The Morgan fingerprint density at radius 3 is 2.50 bits per heavy atom. The Balaban J connectivity index is 0.00000176. The van der Waals surface area contributed by atoms with E-state index in [9.17, 15) is 4.79 Å². The maximum atomic E-state index is 12.2. The molecule has 2 aromatic rings. The third-order valence-electron chi connectivity index (χ3n) is 3.47. The average molecular weight is 381 g/mol. The van der Waals surface area contributed by atoms with Gasteiger partial charge < -0.3 is 15.8 Å². The van der Waals surface area contributed by atoms with Crippen molar-refractivity contribution in [2.24, 2.45) is 5.73 Å². The van der Waals surface area contributed by atoms with Gasteiger partial charge in [-0.1, -0.05) is 24.3 Å². The average Bonchev–Trinajstić information content (AvgIpc) is 2.65. The second-order valence-corrected chi connectivity index (χ2v) is 6.01. The number of carbonyl (C=O) groups is 1. The number of rotatable bonds is 2. The largest absolute Gasteiger partial charge is 0.497 e. The van der Waals surface area contributed by atoms with Crippen molar-refractivity contribution in [1.29, 1.82) is 0 Å². The molecule has 0 fully saturated rings. The number of benzene rings is 2. The predicted octanol–water partition coefficient (Wildman–Crippen LogP) is 3.39. The zero-order valence-corrected chi connectivity index (χ0v) is 14.5. The van der Waals surface area contributed by atoms with Gasteiger partial charge in [-0.3, -0.25) is 4.79 Å². The maximum Gasteiger partial charge on any atom is 0.242 e. The summed E-state index contributed by atoms with van der Waals surface area (Å²) in [7, 11) is 1.63. The van der Waals surface area contributed by atoms with E-state index in [2.05, 4.69) is 5.32 Å². The van der Waals surface area contributed by atoms with E-state index in [0.717, 1.165) is 21.9 Å². The Labute approximate surface area is 144 Å². The summed E-state index contributed by atoms with van der Waals surface area (Å²) in [4.78, 5) is 13.2. The SMILES string of the molecule is Br.COc1ccc([C@@H]2Sc3ccccc3NC(=O)C2N)cc1. The summed E-state index contributed by atoms with van der Waals surface area (Å²) in [6, 6.07) is 14.8. The molecule has 0 bridgehead atoms. The van der Waals surface area contributed by atoms with E-state index >= 15 is 0 Å². The fourth-order valence-corrected chi connectivity index (χ4v) is 3.55. The topological polar surface area (TPSA) is 64.3 Å². The molecule has 2 atom stereocenters. The molecule has 0 spiro atoms. The summed E-state index contributed by atoms with van der Waals surface area (Å²) in [5.41, 5.74) is 7.97. The van der Waals surface area contributed by atoms with Gasteiger partial charge in [0, 0.05) is 4.90 Å². The monoisotopic (exact) mass is 380 g/mol. The highest BCUT2D eigenvalue weighted by atomic mass is 79.9. The van der Waals surface area contributed by atoms with E-state index in [1.54, 1.807) is 18.9 Å². The van der Waals surface area contributed by atoms with Gasteiger partial charge in [0.25, 0.3) is 0 Å². The van der Waals surface area contributed by atoms with Crippen LogP contribution < -0.4 is 15.8 Å². The molecule has 0 saturated heterocycles. The molecule has 0 aromatic heterocycles. The van der Waals surface area contributed by atoms with Crippen LogP contribution in [0, 0.1) is 0 Å². The molecule has 0 aliphatic carbocycles. The number of para-hydroxylation sites is 1. The zero-order chi connectivity index (χ0) is 14.8. The predicted molar refractivity (Wildman–Crippen MR) is 95.0 cm³/mol. The van der Waals surface area contributed by atoms with Crippen molar-refractivity contribution in [2.45, 2.75) is 16.2 Å². The molecule has 3 N–H and O–H groups in total. The van der Waals surface area contributed by atoms with Gasteiger partial charge in [0.1, 0.15) is 11.8 Å². The number of amides is 1. The fraction of sp³-hybridized carbons (Fsp3) is 0.188. The lowest BCUT2D eigenvalue weighted by Gasteiger charge is -2.20. The standard InChI is InChI=1S/C16H16N2O2S.BrH/c1-20-11-8-6-10(7-9-11)15-14(17)16(19)18-12-4-2-3-5-13(12)21-15;/h2-9,14-15H,17H2,1H3,(H,18,19);1H/t14?,15-;/m0./s1. The van der Waals surface area contributed by atoms with Gasteiger partial charge in [-0.25, -0.2) is 0 Å². The molecule has 22 heavy (non-hydrogen) atoms. The van der Waals surface area contributed by atoms with Gasteiger partial charge in [0.15, 0.2) is 0 Å². The second kappa shape index (κ2) is 7.17. The molecule has 2 aromatic carbocycles. The number of anilines is 1. The Kier molecular flexibility index (Phi) is 5.50.